The minimum atomic E-state index is 0.559. The van der Waals surface area contributed by atoms with E-state index in [0.29, 0.717) is 5.95 Å². The van der Waals surface area contributed by atoms with Gasteiger partial charge in [0.15, 0.2) is 5.95 Å². The van der Waals surface area contributed by atoms with E-state index in [-0.39, 0.29) is 0 Å². The molecule has 2 N–H and O–H groups in total. The number of imidazole rings is 1. The average Bonchev–Trinajstić information content (AvgIpc) is 2.50. The number of hydrogen-bond acceptors (Lipinski definition) is 2. The molecule has 3 nitrogen and oxygen atoms in total. The number of nitrogens with two attached hydrogens (primary N) is 1. The van der Waals surface area contributed by atoms with Gasteiger partial charge in [-0.05, 0) is 37.1 Å². The van der Waals surface area contributed by atoms with Crippen molar-refractivity contribution in [2.75, 3.05) is 5.73 Å². The molecular formula is C13H16ClN3. The van der Waals surface area contributed by atoms with Crippen molar-refractivity contribution in [1.82, 2.24) is 9.55 Å². The van der Waals surface area contributed by atoms with Crippen LogP contribution in [-0.2, 0) is 13.5 Å². The van der Waals surface area contributed by atoms with Crippen LogP contribution in [0.25, 0.3) is 0 Å². The maximum Gasteiger partial charge on any atom is 0.200 e. The second kappa shape index (κ2) is 4.41. The van der Waals surface area contributed by atoms with Gasteiger partial charge in [0.05, 0.1) is 5.69 Å². The number of benzene rings is 1. The molecule has 0 aliphatic carbocycles. The highest BCUT2D eigenvalue weighted by Crippen LogP contribution is 2.20. The van der Waals surface area contributed by atoms with Gasteiger partial charge >= 0.3 is 0 Å². The fourth-order valence-corrected chi connectivity index (χ4v) is 2.09. The van der Waals surface area contributed by atoms with Gasteiger partial charge in [0.25, 0.3) is 0 Å². The predicted molar refractivity (Wildman–Crippen MR) is 71.4 cm³/mol. The molecule has 0 unspecified atom stereocenters. The Morgan fingerprint density at radius 2 is 2.06 bits per heavy atom. The van der Waals surface area contributed by atoms with Crippen molar-refractivity contribution in [3.63, 3.8) is 0 Å². The molecule has 0 spiro atoms. The number of halogens is 1. The lowest BCUT2D eigenvalue weighted by molar-refractivity contribution is 0.881. The third kappa shape index (κ3) is 2.29. The number of anilines is 1. The van der Waals surface area contributed by atoms with Gasteiger partial charge in [0, 0.05) is 24.2 Å². The van der Waals surface area contributed by atoms with Crippen LogP contribution in [0, 0.1) is 13.8 Å². The standard InChI is InChI=1S/C13H16ClN3/c1-8-6-11(14)5-4-10(8)7-12-9(2)17(3)13(15)16-12/h4-6H,7H2,1-3H3,(H2,15,16). The minimum absolute atomic E-state index is 0.559. The van der Waals surface area contributed by atoms with Crippen molar-refractivity contribution in [2.45, 2.75) is 20.3 Å². The Morgan fingerprint density at radius 3 is 2.59 bits per heavy atom. The van der Waals surface area contributed by atoms with E-state index in [1.807, 2.05) is 36.7 Å². The molecule has 0 atom stereocenters. The van der Waals surface area contributed by atoms with Crippen molar-refractivity contribution >= 4 is 17.5 Å². The van der Waals surface area contributed by atoms with Crippen molar-refractivity contribution in [3.8, 4) is 0 Å². The third-order valence-corrected chi connectivity index (χ3v) is 3.41. The molecule has 2 aromatic rings. The van der Waals surface area contributed by atoms with Crippen molar-refractivity contribution in [2.24, 2.45) is 7.05 Å². The Kier molecular flexibility index (Phi) is 3.11. The molecule has 2 rings (SSSR count). The molecule has 1 heterocycles. The van der Waals surface area contributed by atoms with Crippen LogP contribution in [-0.4, -0.2) is 9.55 Å². The maximum atomic E-state index is 5.94. The first-order valence-electron chi connectivity index (χ1n) is 5.51. The van der Waals surface area contributed by atoms with E-state index in [9.17, 15) is 0 Å². The summed E-state index contributed by atoms with van der Waals surface area (Å²) in [5.74, 6) is 0.559. The predicted octanol–water partition coefficient (Wildman–Crippen LogP) is 2.86. The Bertz CT molecular complexity index is 558. The van der Waals surface area contributed by atoms with E-state index in [4.69, 9.17) is 17.3 Å². The van der Waals surface area contributed by atoms with Crippen LogP contribution < -0.4 is 5.73 Å². The molecule has 1 aromatic heterocycles. The normalized spacial score (nSPS) is 10.8. The topological polar surface area (TPSA) is 43.8 Å². The Balaban J connectivity index is 2.34. The lowest BCUT2D eigenvalue weighted by Gasteiger charge is -2.05. The average molecular weight is 250 g/mol. The molecule has 0 amide bonds. The van der Waals surface area contributed by atoms with Gasteiger partial charge in [0.1, 0.15) is 0 Å². The summed E-state index contributed by atoms with van der Waals surface area (Å²) in [6.45, 7) is 4.09. The quantitative estimate of drug-likeness (QED) is 0.890. The smallest absolute Gasteiger partial charge is 0.200 e. The summed E-state index contributed by atoms with van der Waals surface area (Å²) in [6.07, 6.45) is 0.792. The first-order chi connectivity index (χ1) is 7.99. The third-order valence-electron chi connectivity index (χ3n) is 3.18. The summed E-state index contributed by atoms with van der Waals surface area (Å²) in [7, 11) is 1.93. The highest BCUT2D eigenvalue weighted by atomic mass is 35.5. The first-order valence-corrected chi connectivity index (χ1v) is 5.89. The maximum absolute atomic E-state index is 5.94. The molecule has 0 fully saturated rings. The minimum Gasteiger partial charge on any atom is -0.369 e. The molecule has 0 saturated heterocycles. The molecule has 17 heavy (non-hydrogen) atoms. The molecule has 90 valence electrons. The van der Waals surface area contributed by atoms with E-state index in [1.165, 1.54) is 11.1 Å². The second-order valence-corrected chi connectivity index (χ2v) is 4.75. The Morgan fingerprint density at radius 1 is 1.35 bits per heavy atom. The first kappa shape index (κ1) is 12.0. The number of aryl methyl sites for hydroxylation is 1. The zero-order chi connectivity index (χ0) is 12.6. The van der Waals surface area contributed by atoms with E-state index in [2.05, 4.69) is 11.9 Å². The number of hydrogen-bond donors (Lipinski definition) is 1. The number of nitrogens with zero attached hydrogens (tertiary/aromatic N) is 2. The van der Waals surface area contributed by atoms with Gasteiger partial charge in [-0.3, -0.25) is 0 Å². The molecule has 0 aliphatic heterocycles. The second-order valence-electron chi connectivity index (χ2n) is 4.31. The van der Waals surface area contributed by atoms with Crippen LogP contribution in [0.15, 0.2) is 18.2 Å². The largest absolute Gasteiger partial charge is 0.369 e. The van der Waals surface area contributed by atoms with Gasteiger partial charge in [0.2, 0.25) is 0 Å². The van der Waals surface area contributed by atoms with Crippen LogP contribution >= 0.6 is 11.6 Å². The summed E-state index contributed by atoms with van der Waals surface area (Å²) >= 11 is 5.94. The van der Waals surface area contributed by atoms with Crippen LogP contribution in [0.4, 0.5) is 5.95 Å². The van der Waals surface area contributed by atoms with E-state index < -0.39 is 0 Å². The molecule has 1 aromatic carbocycles. The lowest BCUT2D eigenvalue weighted by atomic mass is 10.0. The molecule has 0 radical (unpaired) electrons. The van der Waals surface area contributed by atoms with E-state index in [1.54, 1.807) is 0 Å². The van der Waals surface area contributed by atoms with Crippen molar-refractivity contribution < 1.29 is 0 Å². The molecule has 0 saturated carbocycles. The SMILES string of the molecule is Cc1cc(Cl)ccc1Cc1nc(N)n(C)c1C. The van der Waals surface area contributed by atoms with Crippen LogP contribution in [0.3, 0.4) is 0 Å². The summed E-state index contributed by atoms with van der Waals surface area (Å²) < 4.78 is 1.90. The highest BCUT2D eigenvalue weighted by molar-refractivity contribution is 6.30. The number of aromatic nitrogens is 2. The van der Waals surface area contributed by atoms with Gasteiger partial charge in [-0.2, -0.15) is 0 Å². The van der Waals surface area contributed by atoms with Gasteiger partial charge < -0.3 is 10.3 Å². The monoisotopic (exact) mass is 249 g/mol. The fraction of sp³-hybridized carbons (Fsp3) is 0.308. The van der Waals surface area contributed by atoms with Gasteiger partial charge in [-0.15, -0.1) is 0 Å². The summed E-state index contributed by atoms with van der Waals surface area (Å²) in [5, 5.41) is 0.767. The molecule has 4 heteroatoms. The zero-order valence-electron chi connectivity index (χ0n) is 10.3. The summed E-state index contributed by atoms with van der Waals surface area (Å²) in [5.41, 5.74) is 10.3. The number of nitrogen functional groups attached to an aromatic ring is 1. The molecular weight excluding hydrogens is 234 g/mol. The lowest BCUT2D eigenvalue weighted by Crippen LogP contribution is -1.98. The van der Waals surface area contributed by atoms with Crippen LogP contribution in [0.5, 0.6) is 0 Å². The van der Waals surface area contributed by atoms with Gasteiger partial charge in [-0.1, -0.05) is 17.7 Å². The zero-order valence-corrected chi connectivity index (χ0v) is 11.0. The van der Waals surface area contributed by atoms with E-state index in [0.717, 1.165) is 22.8 Å². The highest BCUT2D eigenvalue weighted by Gasteiger charge is 2.10. The Labute approximate surface area is 106 Å². The van der Waals surface area contributed by atoms with Crippen LogP contribution in [0.1, 0.15) is 22.5 Å². The molecule has 0 bridgehead atoms. The van der Waals surface area contributed by atoms with Crippen molar-refractivity contribution in [3.05, 3.63) is 45.7 Å². The Hall–Kier alpha value is -1.48. The van der Waals surface area contributed by atoms with Crippen LogP contribution in [0.2, 0.25) is 5.02 Å². The molecule has 0 aliphatic rings. The fourth-order valence-electron chi connectivity index (χ4n) is 1.87. The van der Waals surface area contributed by atoms with E-state index >= 15 is 0 Å². The summed E-state index contributed by atoms with van der Waals surface area (Å²) in [6, 6.07) is 5.92. The number of rotatable bonds is 2. The summed E-state index contributed by atoms with van der Waals surface area (Å²) in [4.78, 5) is 4.38. The van der Waals surface area contributed by atoms with Crippen molar-refractivity contribution in [1.29, 1.82) is 0 Å². The van der Waals surface area contributed by atoms with Gasteiger partial charge in [-0.25, -0.2) is 4.98 Å².